The number of halogens is 3. The van der Waals surface area contributed by atoms with Crippen LogP contribution in [0.15, 0.2) is 54.9 Å². The van der Waals surface area contributed by atoms with Gasteiger partial charge in [-0.15, -0.1) is 0 Å². The summed E-state index contributed by atoms with van der Waals surface area (Å²) >= 11 is 0. The van der Waals surface area contributed by atoms with Gasteiger partial charge in [-0.2, -0.15) is 13.2 Å². The number of anilines is 1. The summed E-state index contributed by atoms with van der Waals surface area (Å²) in [6.45, 7) is 0.350. The van der Waals surface area contributed by atoms with E-state index < -0.39 is 23.7 Å². The van der Waals surface area contributed by atoms with Crippen molar-refractivity contribution < 1.29 is 22.8 Å². The molecule has 0 saturated carbocycles. The van der Waals surface area contributed by atoms with E-state index in [4.69, 9.17) is 0 Å². The molecule has 3 N–H and O–H groups in total. The lowest BCUT2D eigenvalue weighted by molar-refractivity contribution is -0.137. The van der Waals surface area contributed by atoms with Crippen LogP contribution in [0.4, 0.5) is 23.7 Å². The summed E-state index contributed by atoms with van der Waals surface area (Å²) in [5.41, 5.74) is 5.05. The Morgan fingerprint density at radius 3 is 2.61 bits per heavy atom. The molecule has 1 heterocycles. The maximum absolute atomic E-state index is 12.7. The number of rotatable bonds is 4. The number of nitrogens with zero attached hydrogens (tertiary/aromatic N) is 2. The molecule has 0 aliphatic heterocycles. The highest BCUT2D eigenvalue weighted by molar-refractivity contribution is 5.91. The number of amides is 3. The Kier molecular flexibility index (Phi) is 5.48. The normalized spacial score (nSPS) is 11.2. The Morgan fingerprint density at radius 1 is 1.04 bits per heavy atom. The summed E-state index contributed by atoms with van der Waals surface area (Å²) in [4.78, 5) is 27.8. The van der Waals surface area contributed by atoms with E-state index in [-0.39, 0.29) is 12.1 Å². The molecule has 0 atom stereocenters. The van der Waals surface area contributed by atoms with Crippen molar-refractivity contribution in [3.8, 4) is 0 Å². The molecule has 2 aromatic carbocycles. The van der Waals surface area contributed by atoms with E-state index in [1.165, 1.54) is 12.1 Å². The van der Waals surface area contributed by atoms with Gasteiger partial charge in [0.05, 0.1) is 22.9 Å². The standard InChI is InChI=1S/C18H16F3N5O2/c19-18(20,21)12-4-3-5-13(10-12)23-17(28)25-24-16(27)8-9-26-11-22-14-6-1-2-7-15(14)26/h1-7,10-11H,8-9H2,(H,24,27)(H2,23,25,28). The number of para-hydroxylation sites is 2. The van der Waals surface area contributed by atoms with Gasteiger partial charge in [0.25, 0.3) is 0 Å². The highest BCUT2D eigenvalue weighted by Gasteiger charge is 2.30. The third-order valence-corrected chi connectivity index (χ3v) is 3.87. The molecular weight excluding hydrogens is 375 g/mol. The SMILES string of the molecule is O=C(CCn1cnc2ccccc21)NNC(=O)Nc1cccc(C(F)(F)F)c1. The smallest absolute Gasteiger partial charge is 0.330 e. The first kappa shape index (κ1) is 19.2. The van der Waals surface area contributed by atoms with Crippen LogP contribution in [0.5, 0.6) is 0 Å². The maximum Gasteiger partial charge on any atom is 0.416 e. The largest absolute Gasteiger partial charge is 0.416 e. The quantitative estimate of drug-likeness (QED) is 0.597. The average molecular weight is 391 g/mol. The molecule has 0 bridgehead atoms. The van der Waals surface area contributed by atoms with Gasteiger partial charge in [0.1, 0.15) is 0 Å². The molecule has 3 rings (SSSR count). The van der Waals surface area contributed by atoms with E-state index in [0.29, 0.717) is 6.54 Å². The van der Waals surface area contributed by atoms with Crippen LogP contribution in [0.3, 0.4) is 0 Å². The summed E-state index contributed by atoms with van der Waals surface area (Å²) in [7, 11) is 0. The minimum atomic E-state index is -4.51. The first-order chi connectivity index (χ1) is 13.3. The van der Waals surface area contributed by atoms with Gasteiger partial charge in [-0.05, 0) is 30.3 Å². The van der Waals surface area contributed by atoms with Gasteiger partial charge in [0, 0.05) is 18.7 Å². The number of urea groups is 1. The number of imidazole rings is 1. The molecule has 0 aliphatic rings. The minimum Gasteiger partial charge on any atom is -0.330 e. The van der Waals surface area contributed by atoms with Gasteiger partial charge in [0.15, 0.2) is 0 Å². The molecule has 3 amide bonds. The molecule has 0 saturated heterocycles. The topological polar surface area (TPSA) is 88.1 Å². The van der Waals surface area contributed by atoms with Crippen LogP contribution < -0.4 is 16.2 Å². The van der Waals surface area contributed by atoms with Crippen LogP contribution >= 0.6 is 0 Å². The Bertz CT molecular complexity index is 1000. The molecule has 0 spiro atoms. The Labute approximate surface area is 157 Å². The second kappa shape index (κ2) is 7.99. The van der Waals surface area contributed by atoms with E-state index >= 15 is 0 Å². The lowest BCUT2D eigenvalue weighted by Gasteiger charge is -2.11. The number of hydrogen-bond donors (Lipinski definition) is 3. The predicted molar refractivity (Wildman–Crippen MR) is 96.1 cm³/mol. The summed E-state index contributed by atoms with van der Waals surface area (Å²) in [5, 5.41) is 2.22. The number of carbonyl (C=O) groups excluding carboxylic acids is 2. The van der Waals surface area contributed by atoms with Crippen molar-refractivity contribution in [1.82, 2.24) is 20.4 Å². The van der Waals surface area contributed by atoms with Crippen LogP contribution in [-0.2, 0) is 17.5 Å². The van der Waals surface area contributed by atoms with Gasteiger partial charge in [0.2, 0.25) is 5.91 Å². The summed E-state index contributed by atoms with van der Waals surface area (Å²) in [5.74, 6) is -0.461. The molecule has 28 heavy (non-hydrogen) atoms. The van der Waals surface area contributed by atoms with Crippen molar-refractivity contribution in [3.63, 3.8) is 0 Å². The summed E-state index contributed by atoms with van der Waals surface area (Å²) in [6.07, 6.45) is -2.82. The second-order valence-electron chi connectivity index (χ2n) is 5.88. The fraction of sp³-hybridized carbons (Fsp3) is 0.167. The second-order valence-corrected chi connectivity index (χ2v) is 5.88. The van der Waals surface area contributed by atoms with Crippen LogP contribution in [0.2, 0.25) is 0 Å². The van der Waals surface area contributed by atoms with Crippen molar-refractivity contribution in [2.75, 3.05) is 5.32 Å². The number of aryl methyl sites for hydroxylation is 1. The summed E-state index contributed by atoms with van der Waals surface area (Å²) < 4.78 is 39.8. The number of alkyl halides is 3. The summed E-state index contributed by atoms with van der Waals surface area (Å²) in [6, 6.07) is 10.8. The first-order valence-corrected chi connectivity index (χ1v) is 8.26. The van der Waals surface area contributed by atoms with Gasteiger partial charge in [-0.1, -0.05) is 18.2 Å². The monoisotopic (exact) mass is 391 g/mol. The van der Waals surface area contributed by atoms with Crippen LogP contribution in [0.1, 0.15) is 12.0 Å². The predicted octanol–water partition coefficient (Wildman–Crippen LogP) is 3.30. The van der Waals surface area contributed by atoms with Gasteiger partial charge in [-0.25, -0.2) is 15.2 Å². The van der Waals surface area contributed by atoms with Gasteiger partial charge < -0.3 is 9.88 Å². The van der Waals surface area contributed by atoms with Crippen molar-refractivity contribution >= 4 is 28.7 Å². The number of carbonyl (C=O) groups is 2. The van der Waals surface area contributed by atoms with Crippen molar-refractivity contribution in [3.05, 3.63) is 60.4 Å². The van der Waals surface area contributed by atoms with E-state index in [1.807, 2.05) is 24.3 Å². The Morgan fingerprint density at radius 2 is 1.82 bits per heavy atom. The molecule has 0 radical (unpaired) electrons. The lowest BCUT2D eigenvalue weighted by atomic mass is 10.2. The zero-order chi connectivity index (χ0) is 20.1. The van der Waals surface area contributed by atoms with Crippen LogP contribution in [-0.4, -0.2) is 21.5 Å². The number of hydrogen-bond acceptors (Lipinski definition) is 3. The molecule has 10 heteroatoms. The fourth-order valence-electron chi connectivity index (χ4n) is 2.54. The number of nitrogens with one attached hydrogen (secondary N) is 3. The number of aromatic nitrogens is 2. The molecule has 0 fully saturated rings. The zero-order valence-electron chi connectivity index (χ0n) is 14.5. The van der Waals surface area contributed by atoms with Crippen LogP contribution in [0, 0.1) is 0 Å². The first-order valence-electron chi connectivity index (χ1n) is 8.26. The molecule has 7 nitrogen and oxygen atoms in total. The third kappa shape index (κ3) is 4.78. The van der Waals surface area contributed by atoms with E-state index in [1.54, 1.807) is 10.9 Å². The van der Waals surface area contributed by atoms with Gasteiger partial charge >= 0.3 is 12.2 Å². The molecular formula is C18H16F3N5O2. The van der Waals surface area contributed by atoms with Crippen molar-refractivity contribution in [1.29, 1.82) is 0 Å². The van der Waals surface area contributed by atoms with Crippen molar-refractivity contribution in [2.24, 2.45) is 0 Å². The number of benzene rings is 2. The maximum atomic E-state index is 12.7. The molecule has 146 valence electrons. The molecule has 0 aliphatic carbocycles. The third-order valence-electron chi connectivity index (χ3n) is 3.87. The number of hydrazine groups is 1. The van der Waals surface area contributed by atoms with E-state index in [9.17, 15) is 22.8 Å². The Balaban J connectivity index is 1.47. The molecule has 3 aromatic rings. The fourth-order valence-corrected chi connectivity index (χ4v) is 2.54. The van der Waals surface area contributed by atoms with E-state index in [2.05, 4.69) is 21.2 Å². The Hall–Kier alpha value is -3.56. The molecule has 0 unspecified atom stereocenters. The number of fused-ring (bicyclic) bond motifs is 1. The average Bonchev–Trinajstić information content (AvgIpc) is 3.07. The van der Waals surface area contributed by atoms with E-state index in [0.717, 1.165) is 23.2 Å². The lowest BCUT2D eigenvalue weighted by Crippen LogP contribution is -2.44. The van der Waals surface area contributed by atoms with Gasteiger partial charge in [-0.3, -0.25) is 10.2 Å². The minimum absolute atomic E-state index is 0.0496. The zero-order valence-corrected chi connectivity index (χ0v) is 14.5. The highest BCUT2D eigenvalue weighted by Crippen LogP contribution is 2.30. The van der Waals surface area contributed by atoms with Crippen LogP contribution in [0.25, 0.3) is 11.0 Å². The highest BCUT2D eigenvalue weighted by atomic mass is 19.4. The van der Waals surface area contributed by atoms with Crippen molar-refractivity contribution in [2.45, 2.75) is 19.1 Å². The molecule has 1 aromatic heterocycles.